The molecule has 0 saturated carbocycles. The number of para-hydroxylation sites is 2. The quantitative estimate of drug-likeness (QED) is 0.590. The topological polar surface area (TPSA) is 105 Å². The minimum absolute atomic E-state index is 0.00139. The number of rotatable bonds is 5. The minimum Gasteiger partial charge on any atom is -0.366 e. The SMILES string of the molecule is CC(=O)Nc1cc(NC(=O)C2CCN(c3ccccc3[N+](=O)[O-])CC2)ccc1F. The second kappa shape index (κ2) is 8.68. The molecule has 2 amide bonds. The van der Waals surface area contributed by atoms with Crippen molar-refractivity contribution in [1.82, 2.24) is 0 Å². The van der Waals surface area contributed by atoms with Gasteiger partial charge in [0.05, 0.1) is 10.6 Å². The van der Waals surface area contributed by atoms with Gasteiger partial charge in [0.25, 0.3) is 5.69 Å². The van der Waals surface area contributed by atoms with E-state index in [1.165, 1.54) is 31.2 Å². The van der Waals surface area contributed by atoms with Gasteiger partial charge in [0, 0.05) is 37.7 Å². The predicted octanol–water partition coefficient (Wildman–Crippen LogP) is 3.55. The summed E-state index contributed by atoms with van der Waals surface area (Å²) in [4.78, 5) is 36.5. The Morgan fingerprint density at radius 3 is 2.48 bits per heavy atom. The van der Waals surface area contributed by atoms with Crippen LogP contribution >= 0.6 is 0 Å². The Balaban J connectivity index is 1.62. The summed E-state index contributed by atoms with van der Waals surface area (Å²) >= 11 is 0. The molecule has 0 spiro atoms. The van der Waals surface area contributed by atoms with Gasteiger partial charge in [-0.05, 0) is 37.1 Å². The summed E-state index contributed by atoms with van der Waals surface area (Å²) in [5.74, 6) is -1.46. The van der Waals surface area contributed by atoms with Crippen molar-refractivity contribution in [3.63, 3.8) is 0 Å². The summed E-state index contributed by atoms with van der Waals surface area (Å²) in [6, 6.07) is 10.5. The average Bonchev–Trinajstić information content (AvgIpc) is 2.70. The first-order chi connectivity index (χ1) is 13.8. The van der Waals surface area contributed by atoms with E-state index in [4.69, 9.17) is 0 Å². The maximum atomic E-state index is 13.7. The molecule has 1 aliphatic rings. The molecule has 1 heterocycles. The third-order valence-electron chi connectivity index (χ3n) is 4.83. The molecule has 1 aliphatic heterocycles. The number of piperidine rings is 1. The normalized spacial score (nSPS) is 14.3. The molecule has 0 atom stereocenters. The Morgan fingerprint density at radius 1 is 1.14 bits per heavy atom. The molecule has 152 valence electrons. The Kier molecular flexibility index (Phi) is 6.06. The molecular weight excluding hydrogens is 379 g/mol. The minimum atomic E-state index is -0.587. The van der Waals surface area contributed by atoms with Crippen LogP contribution in [0.4, 0.5) is 27.1 Å². The van der Waals surface area contributed by atoms with Gasteiger partial charge in [0.15, 0.2) is 0 Å². The number of anilines is 3. The molecule has 1 fully saturated rings. The van der Waals surface area contributed by atoms with Crippen molar-refractivity contribution in [3.05, 3.63) is 58.4 Å². The smallest absolute Gasteiger partial charge is 0.292 e. The zero-order chi connectivity index (χ0) is 21.0. The van der Waals surface area contributed by atoms with Crippen LogP contribution in [0, 0.1) is 21.8 Å². The van der Waals surface area contributed by atoms with Gasteiger partial charge >= 0.3 is 0 Å². The lowest BCUT2D eigenvalue weighted by Crippen LogP contribution is -2.38. The molecule has 0 unspecified atom stereocenters. The van der Waals surface area contributed by atoms with E-state index < -0.39 is 16.6 Å². The van der Waals surface area contributed by atoms with Gasteiger partial charge in [-0.15, -0.1) is 0 Å². The van der Waals surface area contributed by atoms with Crippen LogP contribution in [0.25, 0.3) is 0 Å². The Hall–Kier alpha value is -3.49. The van der Waals surface area contributed by atoms with Gasteiger partial charge in [-0.25, -0.2) is 4.39 Å². The van der Waals surface area contributed by atoms with Gasteiger partial charge in [-0.1, -0.05) is 12.1 Å². The molecular formula is C20H21FN4O4. The highest BCUT2D eigenvalue weighted by Gasteiger charge is 2.28. The maximum Gasteiger partial charge on any atom is 0.292 e. The molecule has 0 bridgehead atoms. The van der Waals surface area contributed by atoms with Gasteiger partial charge in [-0.3, -0.25) is 19.7 Å². The number of hydrogen-bond donors (Lipinski definition) is 2. The van der Waals surface area contributed by atoms with Crippen LogP contribution in [0.15, 0.2) is 42.5 Å². The molecule has 0 aliphatic carbocycles. The Morgan fingerprint density at radius 2 is 1.83 bits per heavy atom. The third-order valence-corrected chi connectivity index (χ3v) is 4.83. The van der Waals surface area contributed by atoms with Crippen LogP contribution in [0.5, 0.6) is 0 Å². The standard InChI is InChI=1S/C20H21FN4O4/c1-13(26)22-17-12-15(6-7-16(17)21)23-20(27)14-8-10-24(11-9-14)18-4-2-3-5-19(18)25(28)29/h2-7,12,14H,8-11H2,1H3,(H,22,26)(H,23,27). The highest BCUT2D eigenvalue weighted by atomic mass is 19.1. The van der Waals surface area contributed by atoms with Crippen molar-refractivity contribution in [2.45, 2.75) is 19.8 Å². The molecule has 1 saturated heterocycles. The summed E-state index contributed by atoms with van der Waals surface area (Å²) in [6.07, 6.45) is 1.08. The average molecular weight is 400 g/mol. The lowest BCUT2D eigenvalue weighted by atomic mass is 9.95. The molecule has 0 aromatic heterocycles. The lowest BCUT2D eigenvalue weighted by molar-refractivity contribution is -0.384. The van der Waals surface area contributed by atoms with Crippen molar-refractivity contribution in [2.75, 3.05) is 28.6 Å². The number of amides is 2. The lowest BCUT2D eigenvalue weighted by Gasteiger charge is -2.32. The summed E-state index contributed by atoms with van der Waals surface area (Å²) in [5.41, 5.74) is 0.991. The van der Waals surface area contributed by atoms with Crippen molar-refractivity contribution in [1.29, 1.82) is 0 Å². The van der Waals surface area contributed by atoms with E-state index in [9.17, 15) is 24.1 Å². The van der Waals surface area contributed by atoms with E-state index in [2.05, 4.69) is 10.6 Å². The first kappa shape index (κ1) is 20.2. The molecule has 2 N–H and O–H groups in total. The zero-order valence-corrected chi connectivity index (χ0v) is 15.9. The number of nitrogens with one attached hydrogen (secondary N) is 2. The summed E-state index contributed by atoms with van der Waals surface area (Å²) in [6.45, 7) is 2.31. The second-order valence-electron chi connectivity index (χ2n) is 6.87. The van der Waals surface area contributed by atoms with Crippen molar-refractivity contribution in [3.8, 4) is 0 Å². The summed E-state index contributed by atoms with van der Waals surface area (Å²) in [5, 5.41) is 16.4. The maximum absolute atomic E-state index is 13.7. The fourth-order valence-electron chi connectivity index (χ4n) is 3.40. The van der Waals surface area contributed by atoms with Gasteiger partial charge < -0.3 is 15.5 Å². The number of halogens is 1. The predicted molar refractivity (Wildman–Crippen MR) is 107 cm³/mol. The first-order valence-corrected chi connectivity index (χ1v) is 9.21. The zero-order valence-electron chi connectivity index (χ0n) is 15.9. The molecule has 29 heavy (non-hydrogen) atoms. The number of nitro groups is 1. The highest BCUT2D eigenvalue weighted by Crippen LogP contribution is 2.31. The molecule has 0 radical (unpaired) electrons. The van der Waals surface area contributed by atoms with Crippen LogP contribution in [0.1, 0.15) is 19.8 Å². The molecule has 8 nitrogen and oxygen atoms in total. The Labute approximate surface area is 166 Å². The van der Waals surface area contributed by atoms with Gasteiger partial charge in [0.1, 0.15) is 11.5 Å². The third kappa shape index (κ3) is 4.87. The van der Waals surface area contributed by atoms with Crippen LogP contribution in [0.2, 0.25) is 0 Å². The number of hydrogen-bond acceptors (Lipinski definition) is 5. The monoisotopic (exact) mass is 400 g/mol. The number of carbonyl (C=O) groups is 2. The fraction of sp³-hybridized carbons (Fsp3) is 0.300. The van der Waals surface area contributed by atoms with E-state index in [0.717, 1.165) is 0 Å². The van der Waals surface area contributed by atoms with Gasteiger partial charge in [-0.2, -0.15) is 0 Å². The second-order valence-corrected chi connectivity index (χ2v) is 6.87. The van der Waals surface area contributed by atoms with Crippen molar-refractivity contribution >= 4 is 34.6 Å². The van der Waals surface area contributed by atoms with Crippen LogP contribution < -0.4 is 15.5 Å². The molecule has 9 heteroatoms. The van der Waals surface area contributed by atoms with E-state index >= 15 is 0 Å². The summed E-state index contributed by atoms with van der Waals surface area (Å²) in [7, 11) is 0. The van der Waals surface area contributed by atoms with E-state index in [0.29, 0.717) is 37.3 Å². The highest BCUT2D eigenvalue weighted by molar-refractivity contribution is 5.94. The van der Waals surface area contributed by atoms with E-state index in [1.54, 1.807) is 18.2 Å². The van der Waals surface area contributed by atoms with E-state index in [-0.39, 0.29) is 23.2 Å². The first-order valence-electron chi connectivity index (χ1n) is 9.21. The van der Waals surface area contributed by atoms with Crippen LogP contribution in [-0.4, -0.2) is 29.8 Å². The van der Waals surface area contributed by atoms with Crippen LogP contribution in [0.3, 0.4) is 0 Å². The van der Waals surface area contributed by atoms with E-state index in [1.807, 2.05) is 4.90 Å². The van der Waals surface area contributed by atoms with Gasteiger partial charge in [0.2, 0.25) is 11.8 Å². The van der Waals surface area contributed by atoms with Crippen molar-refractivity contribution < 1.29 is 18.9 Å². The molecule has 2 aromatic rings. The summed E-state index contributed by atoms with van der Waals surface area (Å²) < 4.78 is 13.7. The van der Waals surface area contributed by atoms with Crippen molar-refractivity contribution in [2.24, 2.45) is 5.92 Å². The number of carbonyl (C=O) groups excluding carboxylic acids is 2. The Bertz CT molecular complexity index is 942. The fourth-order valence-corrected chi connectivity index (χ4v) is 3.40. The molecule has 3 rings (SSSR count). The number of benzene rings is 2. The largest absolute Gasteiger partial charge is 0.366 e. The number of nitrogens with zero attached hydrogens (tertiary/aromatic N) is 2. The van der Waals surface area contributed by atoms with Crippen LogP contribution in [-0.2, 0) is 9.59 Å². The number of nitro benzene ring substituents is 1. The molecule has 2 aromatic carbocycles.